The molecule has 336 valence electrons. The predicted octanol–water partition coefficient (Wildman–Crippen LogP) is 16.7. The Morgan fingerprint density at radius 1 is 0.500 bits per heavy atom. The summed E-state index contributed by atoms with van der Waals surface area (Å²) in [5.74, 6) is 0. The molecule has 62 heavy (non-hydrogen) atoms. The topological polar surface area (TPSA) is 0 Å². The summed E-state index contributed by atoms with van der Waals surface area (Å²) in [6.07, 6.45) is 19.3. The normalized spacial score (nSPS) is 15.5. The minimum absolute atomic E-state index is 0. The van der Waals surface area contributed by atoms with Crippen LogP contribution in [0.3, 0.4) is 0 Å². The van der Waals surface area contributed by atoms with Crippen LogP contribution in [0.2, 0.25) is 39.3 Å². The Morgan fingerprint density at radius 2 is 0.823 bits per heavy atom. The quantitative estimate of drug-likeness (QED) is 0.0948. The molecule has 0 N–H and O–H groups in total. The zero-order valence-electron chi connectivity index (χ0n) is 40.1. The number of benzene rings is 4. The van der Waals surface area contributed by atoms with Gasteiger partial charge in [0.05, 0.1) is 16.1 Å². The van der Waals surface area contributed by atoms with Crippen molar-refractivity contribution >= 4 is 79.8 Å². The van der Waals surface area contributed by atoms with E-state index >= 15 is 0 Å². The van der Waals surface area contributed by atoms with Crippen molar-refractivity contribution in [3.8, 4) is 22.3 Å². The van der Waals surface area contributed by atoms with Crippen molar-refractivity contribution < 1.29 is 23.3 Å². The van der Waals surface area contributed by atoms with Crippen LogP contribution in [-0.4, -0.2) is 23.0 Å². The predicted molar refractivity (Wildman–Crippen MR) is 288 cm³/mol. The molecule has 6 aromatic rings. The Kier molecular flexibility index (Phi) is 22.4. The molecule has 0 nitrogen and oxygen atoms in total. The zero-order valence-corrected chi connectivity index (χ0v) is 47.2. The van der Waals surface area contributed by atoms with Crippen LogP contribution in [0.15, 0.2) is 109 Å². The summed E-state index contributed by atoms with van der Waals surface area (Å²) in [6, 6.07) is 42.3. The fourth-order valence-corrected chi connectivity index (χ4v) is 12.7. The fourth-order valence-electron chi connectivity index (χ4n) is 10.4. The van der Waals surface area contributed by atoms with E-state index in [-0.39, 0.29) is 39.7 Å². The molecule has 6 heteroatoms. The molecule has 0 unspecified atom stereocenters. The molecule has 2 aliphatic rings. The van der Waals surface area contributed by atoms with E-state index in [9.17, 15) is 0 Å². The molecule has 0 heterocycles. The van der Waals surface area contributed by atoms with E-state index in [4.69, 9.17) is 0 Å². The van der Waals surface area contributed by atoms with Crippen LogP contribution < -0.4 is 10.4 Å². The Labute approximate surface area is 411 Å². The second-order valence-electron chi connectivity index (χ2n) is 20.2. The van der Waals surface area contributed by atoms with Gasteiger partial charge in [-0.15, -0.1) is 93.9 Å². The molecule has 2 fully saturated rings. The summed E-state index contributed by atoms with van der Waals surface area (Å²) >= 11 is 1.36. The Morgan fingerprint density at radius 3 is 1.11 bits per heavy atom. The van der Waals surface area contributed by atoms with Crippen molar-refractivity contribution in [3.63, 3.8) is 0 Å². The van der Waals surface area contributed by atoms with E-state index in [1.807, 2.05) is 0 Å². The van der Waals surface area contributed by atoms with E-state index in [1.54, 1.807) is 11.1 Å². The molecule has 2 aliphatic carbocycles. The zero-order chi connectivity index (χ0) is 41.6. The molecule has 6 aromatic carbocycles. The van der Waals surface area contributed by atoms with E-state index in [1.165, 1.54) is 167 Å². The van der Waals surface area contributed by atoms with Gasteiger partial charge in [0, 0.05) is 0 Å². The van der Waals surface area contributed by atoms with Gasteiger partial charge in [-0.25, -0.2) is 0 Å². The summed E-state index contributed by atoms with van der Waals surface area (Å²) in [4.78, 5) is 0. The number of hydrogen-bond donors (Lipinski definition) is 0. The summed E-state index contributed by atoms with van der Waals surface area (Å²) in [7, 11) is -2.49. The second kappa shape index (κ2) is 24.7. The monoisotopic (exact) mass is 994 g/mol. The molecule has 2 saturated carbocycles. The van der Waals surface area contributed by atoms with Gasteiger partial charge in [-0.3, -0.25) is 0 Å². The van der Waals surface area contributed by atoms with Crippen LogP contribution in [0, 0.1) is 25.7 Å². The molecule has 8 rings (SSSR count). The Hall–Kier alpha value is -1.79. The first-order chi connectivity index (χ1) is 27.8. The maximum absolute atomic E-state index is 3.06. The first kappa shape index (κ1) is 56.3. The van der Waals surface area contributed by atoms with Gasteiger partial charge in [0.25, 0.3) is 0 Å². The molecule has 0 saturated heterocycles. The van der Waals surface area contributed by atoms with Crippen LogP contribution in [0.4, 0.5) is 0 Å². The third-order valence-electron chi connectivity index (χ3n) is 14.2. The molecule has 0 bridgehead atoms. The molecular weight excluding hydrogens is 919 g/mol. The molecule has 0 aromatic heterocycles. The summed E-state index contributed by atoms with van der Waals surface area (Å²) < 4.78 is 0. The van der Waals surface area contributed by atoms with Crippen LogP contribution >= 0.6 is 24.8 Å². The molecule has 0 aliphatic heterocycles. The first-order valence-corrected chi connectivity index (χ1v) is 33.8. The van der Waals surface area contributed by atoms with Crippen molar-refractivity contribution in [1.82, 2.24) is 0 Å². The van der Waals surface area contributed by atoms with Gasteiger partial charge in [-0.1, -0.05) is 187 Å². The summed E-state index contributed by atoms with van der Waals surface area (Å²) in [5.41, 5.74) is 9.67. The summed E-state index contributed by atoms with van der Waals surface area (Å²) in [6.45, 7) is 22.4. The number of rotatable bonds is 10. The van der Waals surface area contributed by atoms with Crippen LogP contribution in [0.1, 0.15) is 102 Å². The molecule has 2 radical (unpaired) electrons. The van der Waals surface area contributed by atoms with Gasteiger partial charge in [-0.2, -0.15) is 12.1 Å². The maximum atomic E-state index is 3.06. The van der Waals surface area contributed by atoms with Gasteiger partial charge >= 0.3 is 30.2 Å². The van der Waals surface area contributed by atoms with E-state index in [2.05, 4.69) is 169 Å². The number of fused-ring (bicyclic) bond motifs is 2. The van der Waals surface area contributed by atoms with Crippen LogP contribution in [0.25, 0.3) is 43.8 Å². The van der Waals surface area contributed by atoms with Crippen molar-refractivity contribution in [2.24, 2.45) is 10.8 Å². The van der Waals surface area contributed by atoms with Crippen molar-refractivity contribution in [2.45, 2.75) is 143 Å². The molecular formula is C56H78Cl2Si3Zr-4. The van der Waals surface area contributed by atoms with Crippen LogP contribution in [-0.2, 0) is 36.2 Å². The van der Waals surface area contributed by atoms with E-state index < -0.39 is 16.1 Å². The molecule has 0 amide bonds. The van der Waals surface area contributed by atoms with Crippen LogP contribution in [0.5, 0.6) is 0 Å². The first-order valence-electron chi connectivity index (χ1n) is 22.6. The van der Waals surface area contributed by atoms with Gasteiger partial charge < -0.3 is 14.9 Å². The Balaban J connectivity index is 0.000000386. The van der Waals surface area contributed by atoms with E-state index in [0.717, 1.165) is 0 Å². The average molecular weight is 998 g/mol. The summed E-state index contributed by atoms with van der Waals surface area (Å²) in [5, 5.41) is 8.75. The third kappa shape index (κ3) is 13.6. The average Bonchev–Trinajstić information content (AvgIpc) is 3.85. The molecule has 0 spiro atoms. The van der Waals surface area contributed by atoms with Gasteiger partial charge in [0.1, 0.15) is 0 Å². The van der Waals surface area contributed by atoms with Crippen molar-refractivity contribution in [1.29, 1.82) is 0 Å². The van der Waals surface area contributed by atoms with Crippen molar-refractivity contribution in [3.05, 3.63) is 135 Å². The van der Waals surface area contributed by atoms with Gasteiger partial charge in [0.15, 0.2) is 0 Å². The number of halogens is 2. The minimum atomic E-state index is -1.24. The van der Waals surface area contributed by atoms with Gasteiger partial charge in [0.2, 0.25) is 0 Å². The third-order valence-corrected chi connectivity index (χ3v) is 18.4. The SMILES string of the molecule is CCC1(Cc2cc3c(-c4ccc([Si](C)(C)C)cc4)cccc3[cH-]2)CCCCC1.CCC1(Cc2cc3c(-c4ccc([Si](C)(C)C)cc4)cccc3[cH-]2)CCCCC1.Cl.Cl.[CH3-].[CH3-].[Si]=[Zr]. The standard InChI is InChI=1S/2C27H35Si.2CH3.2ClH.Si.Zr/c2*1-5-27(16-7-6-8-17-27)20-21-18-23-10-9-11-25(26(23)19-21)22-12-14-24(15-13-22)28(2,3)4;;;;;;/h2*9-15,18-19H,5-8,16-17,20H2,1-4H3;2*1H3;2*1H;;/q4*-1;;;;. The Bertz CT molecular complexity index is 2060. The second-order valence-corrected chi connectivity index (χ2v) is 30.3. The van der Waals surface area contributed by atoms with E-state index in [0.29, 0.717) is 10.8 Å². The molecule has 0 atom stereocenters. The van der Waals surface area contributed by atoms with Crippen molar-refractivity contribution in [2.75, 3.05) is 0 Å². The number of hydrogen-bond acceptors (Lipinski definition) is 0. The van der Waals surface area contributed by atoms with Gasteiger partial charge in [-0.05, 0) is 60.5 Å². The fraction of sp³-hybridized carbons (Fsp3) is 0.429.